The number of halogens is 3. The molecule has 104 valence electrons. The summed E-state index contributed by atoms with van der Waals surface area (Å²) in [5.41, 5.74) is 0.101. The number of carboxylic acids is 1. The van der Waals surface area contributed by atoms with E-state index < -0.39 is 17.7 Å². The Hall–Kier alpha value is -1.25. The van der Waals surface area contributed by atoms with Gasteiger partial charge in [-0.2, -0.15) is 0 Å². The van der Waals surface area contributed by atoms with Crippen LogP contribution in [0.15, 0.2) is 31.8 Å². The zero-order valence-electron chi connectivity index (χ0n) is 9.62. The summed E-state index contributed by atoms with van der Waals surface area (Å²) in [6, 6.07) is 4.76. The van der Waals surface area contributed by atoms with Crippen molar-refractivity contribution in [2.45, 2.75) is 0 Å². The minimum atomic E-state index is -1.31. The van der Waals surface area contributed by atoms with Crippen LogP contribution < -0.4 is 5.32 Å². The van der Waals surface area contributed by atoms with Gasteiger partial charge in [0, 0.05) is 0 Å². The zero-order valence-corrected chi connectivity index (χ0v) is 13.6. The number of benzene rings is 1. The first kappa shape index (κ1) is 15.1. The molecule has 2 rings (SSSR count). The smallest absolute Gasteiger partial charge is 0.337 e. The van der Waals surface area contributed by atoms with E-state index in [0.717, 1.165) is 15.9 Å². The fourth-order valence-corrected chi connectivity index (χ4v) is 4.28. The van der Waals surface area contributed by atoms with E-state index in [1.165, 1.54) is 17.4 Å². The first-order valence-corrected chi connectivity index (χ1v) is 7.57. The first-order valence-electron chi connectivity index (χ1n) is 5.17. The molecule has 0 aliphatic rings. The molecule has 0 unspecified atom stereocenters. The maximum absolute atomic E-state index is 13.0. The van der Waals surface area contributed by atoms with Crippen molar-refractivity contribution in [1.29, 1.82) is 0 Å². The third-order valence-electron chi connectivity index (χ3n) is 2.36. The Bertz CT molecular complexity index is 702. The minimum absolute atomic E-state index is 0.0399. The highest BCUT2D eigenvalue weighted by Gasteiger charge is 2.17. The van der Waals surface area contributed by atoms with E-state index in [1.54, 1.807) is 6.07 Å². The van der Waals surface area contributed by atoms with E-state index in [0.29, 0.717) is 9.35 Å². The molecule has 0 atom stereocenters. The van der Waals surface area contributed by atoms with Crippen molar-refractivity contribution in [1.82, 2.24) is 0 Å². The summed E-state index contributed by atoms with van der Waals surface area (Å²) in [5, 5.41) is 11.5. The normalized spacial score (nSPS) is 10.3. The summed E-state index contributed by atoms with van der Waals surface area (Å²) >= 11 is 7.81. The Kier molecular flexibility index (Phi) is 4.56. The van der Waals surface area contributed by atoms with E-state index in [2.05, 4.69) is 37.2 Å². The molecule has 0 radical (unpaired) electrons. The molecule has 0 spiro atoms. The number of carbonyl (C=O) groups excluding carboxylic acids is 1. The second-order valence-electron chi connectivity index (χ2n) is 3.69. The second-order valence-corrected chi connectivity index (χ2v) is 7.44. The monoisotopic (exact) mass is 421 g/mol. The predicted octanol–water partition coefficient (Wildman–Crippen LogP) is 4.36. The maximum atomic E-state index is 13.0. The first-order chi connectivity index (χ1) is 9.38. The zero-order chi connectivity index (χ0) is 14.9. The van der Waals surface area contributed by atoms with Crippen LogP contribution in [0.3, 0.4) is 0 Å². The van der Waals surface area contributed by atoms with Crippen LogP contribution in [0, 0.1) is 5.82 Å². The molecule has 1 heterocycles. The summed E-state index contributed by atoms with van der Waals surface area (Å²) in [5.74, 6) is -2.47. The SMILES string of the molecule is O=C(O)c1cc(F)ccc1NC(=O)c1cc(Br)sc1Br. The molecular formula is C12H6Br2FNO3S. The van der Waals surface area contributed by atoms with Crippen LogP contribution in [0.2, 0.25) is 0 Å². The number of hydrogen-bond acceptors (Lipinski definition) is 3. The van der Waals surface area contributed by atoms with Crippen LogP contribution in [-0.2, 0) is 0 Å². The fourth-order valence-electron chi connectivity index (χ4n) is 1.49. The summed E-state index contributed by atoms with van der Waals surface area (Å²) < 4.78 is 14.4. The molecule has 0 fully saturated rings. The van der Waals surface area contributed by atoms with Crippen molar-refractivity contribution >= 4 is 60.8 Å². The molecule has 0 bridgehead atoms. The molecule has 1 aromatic carbocycles. The molecule has 0 aliphatic heterocycles. The molecule has 0 aliphatic carbocycles. The highest BCUT2D eigenvalue weighted by Crippen LogP contribution is 2.32. The highest BCUT2D eigenvalue weighted by molar-refractivity contribution is 9.12. The number of nitrogens with one attached hydrogen (secondary N) is 1. The molecule has 2 aromatic rings. The van der Waals surface area contributed by atoms with E-state index in [9.17, 15) is 14.0 Å². The van der Waals surface area contributed by atoms with E-state index in [-0.39, 0.29) is 11.3 Å². The van der Waals surface area contributed by atoms with Crippen molar-refractivity contribution in [3.05, 3.63) is 48.8 Å². The third-order valence-corrected chi connectivity index (χ3v) is 4.70. The number of hydrogen-bond donors (Lipinski definition) is 2. The van der Waals surface area contributed by atoms with Gasteiger partial charge in [-0.05, 0) is 56.1 Å². The second kappa shape index (κ2) is 6.02. The van der Waals surface area contributed by atoms with Crippen molar-refractivity contribution in [3.8, 4) is 0 Å². The standard InChI is InChI=1S/C12H6Br2FNO3S/c13-9-4-7(10(14)20-9)11(17)16-8-2-1-5(15)3-6(8)12(18)19/h1-4H,(H,16,17)(H,18,19). The van der Waals surface area contributed by atoms with Gasteiger partial charge >= 0.3 is 5.97 Å². The Labute approximate surface area is 133 Å². The van der Waals surface area contributed by atoms with E-state index in [4.69, 9.17) is 5.11 Å². The predicted molar refractivity (Wildman–Crippen MR) is 81.0 cm³/mol. The summed E-state index contributed by atoms with van der Waals surface area (Å²) in [7, 11) is 0. The number of rotatable bonds is 3. The lowest BCUT2D eigenvalue weighted by molar-refractivity contribution is 0.0697. The highest BCUT2D eigenvalue weighted by atomic mass is 79.9. The average molecular weight is 423 g/mol. The van der Waals surface area contributed by atoms with Gasteiger partial charge in [0.05, 0.1) is 24.4 Å². The molecule has 1 amide bonds. The molecule has 20 heavy (non-hydrogen) atoms. The van der Waals surface area contributed by atoms with Crippen molar-refractivity contribution in [3.63, 3.8) is 0 Å². The number of carbonyl (C=O) groups is 2. The van der Waals surface area contributed by atoms with Gasteiger partial charge in [0.25, 0.3) is 5.91 Å². The molecule has 0 saturated carbocycles. The van der Waals surface area contributed by atoms with Gasteiger partial charge in [0.1, 0.15) is 5.82 Å². The van der Waals surface area contributed by atoms with Crippen LogP contribution in [0.5, 0.6) is 0 Å². The quantitative estimate of drug-likeness (QED) is 0.772. The van der Waals surface area contributed by atoms with Crippen LogP contribution in [-0.4, -0.2) is 17.0 Å². The molecule has 2 N–H and O–H groups in total. The topological polar surface area (TPSA) is 66.4 Å². The van der Waals surface area contributed by atoms with Gasteiger partial charge in [0.2, 0.25) is 0 Å². The Morgan fingerprint density at radius 2 is 1.90 bits per heavy atom. The summed E-state index contributed by atoms with van der Waals surface area (Å²) in [4.78, 5) is 23.1. The van der Waals surface area contributed by atoms with Crippen molar-refractivity contribution < 1.29 is 19.1 Å². The van der Waals surface area contributed by atoms with E-state index >= 15 is 0 Å². The number of thiophene rings is 1. The number of carboxylic acid groups (broad SMARTS) is 1. The van der Waals surface area contributed by atoms with Gasteiger partial charge in [-0.25, -0.2) is 9.18 Å². The number of aromatic carboxylic acids is 1. The van der Waals surface area contributed by atoms with Crippen LogP contribution in [0.4, 0.5) is 10.1 Å². The van der Waals surface area contributed by atoms with Crippen molar-refractivity contribution in [2.24, 2.45) is 0 Å². The van der Waals surface area contributed by atoms with Gasteiger partial charge in [-0.1, -0.05) is 0 Å². The lowest BCUT2D eigenvalue weighted by atomic mass is 10.1. The number of amides is 1. The molecule has 8 heteroatoms. The largest absolute Gasteiger partial charge is 0.478 e. The van der Waals surface area contributed by atoms with E-state index in [1.807, 2.05) is 0 Å². The Balaban J connectivity index is 2.33. The fraction of sp³-hybridized carbons (Fsp3) is 0. The summed E-state index contributed by atoms with van der Waals surface area (Å²) in [6.07, 6.45) is 0. The van der Waals surface area contributed by atoms with Gasteiger partial charge in [-0.15, -0.1) is 11.3 Å². The number of anilines is 1. The van der Waals surface area contributed by atoms with Crippen LogP contribution in [0.1, 0.15) is 20.7 Å². The van der Waals surface area contributed by atoms with Crippen LogP contribution >= 0.6 is 43.2 Å². The Morgan fingerprint density at radius 1 is 1.20 bits per heavy atom. The van der Waals surface area contributed by atoms with Gasteiger partial charge in [-0.3, -0.25) is 4.79 Å². The molecular weight excluding hydrogens is 417 g/mol. The van der Waals surface area contributed by atoms with Gasteiger partial charge in [0.15, 0.2) is 0 Å². The molecule has 1 aromatic heterocycles. The Morgan fingerprint density at radius 3 is 2.45 bits per heavy atom. The lowest BCUT2D eigenvalue weighted by Gasteiger charge is -2.08. The van der Waals surface area contributed by atoms with Gasteiger partial charge < -0.3 is 10.4 Å². The molecule has 0 saturated heterocycles. The maximum Gasteiger partial charge on any atom is 0.337 e. The lowest BCUT2D eigenvalue weighted by Crippen LogP contribution is -2.14. The summed E-state index contributed by atoms with van der Waals surface area (Å²) in [6.45, 7) is 0. The average Bonchev–Trinajstić information content (AvgIpc) is 2.70. The third kappa shape index (κ3) is 3.25. The van der Waals surface area contributed by atoms with Crippen molar-refractivity contribution in [2.75, 3.05) is 5.32 Å². The molecule has 4 nitrogen and oxygen atoms in total. The van der Waals surface area contributed by atoms with Crippen LogP contribution in [0.25, 0.3) is 0 Å². The minimum Gasteiger partial charge on any atom is -0.478 e.